The first kappa shape index (κ1) is 17.2. The molecule has 0 saturated carbocycles. The van der Waals surface area contributed by atoms with Gasteiger partial charge in [0.05, 0.1) is 11.6 Å². The van der Waals surface area contributed by atoms with E-state index in [0.29, 0.717) is 0 Å². The van der Waals surface area contributed by atoms with Crippen LogP contribution in [0.4, 0.5) is 0 Å². The first-order chi connectivity index (χ1) is 9.52. The van der Waals surface area contributed by atoms with Crippen molar-refractivity contribution in [3.05, 3.63) is 34.9 Å². The van der Waals surface area contributed by atoms with E-state index in [9.17, 15) is 0 Å². The molecule has 0 amide bonds. The molecule has 1 aromatic carbocycles. The maximum atomic E-state index is 5.97. The van der Waals surface area contributed by atoms with Gasteiger partial charge >= 0.3 is 0 Å². The third kappa shape index (κ3) is 3.83. The number of aryl methyl sites for hydroxylation is 2. The van der Waals surface area contributed by atoms with E-state index in [4.69, 9.17) is 4.74 Å². The van der Waals surface area contributed by atoms with Crippen LogP contribution in [0.3, 0.4) is 0 Å². The van der Waals surface area contributed by atoms with Crippen molar-refractivity contribution >= 4 is 0 Å². The minimum Gasteiger partial charge on any atom is -0.376 e. The number of ether oxygens (including phenoxy) is 1. The van der Waals surface area contributed by atoms with E-state index < -0.39 is 0 Å². The first-order valence-electron chi connectivity index (χ1n) is 7.89. The highest BCUT2D eigenvalue weighted by molar-refractivity contribution is 5.32. The van der Waals surface area contributed by atoms with Crippen LogP contribution in [0, 0.1) is 13.8 Å². The average Bonchev–Trinajstić information content (AvgIpc) is 2.43. The fraction of sp³-hybridized carbons (Fsp3) is 0.667. The van der Waals surface area contributed by atoms with Gasteiger partial charge in [-0.05, 0) is 45.2 Å². The zero-order valence-corrected chi connectivity index (χ0v) is 14.0. The molecule has 0 saturated heterocycles. The maximum Gasteiger partial charge on any atom is 0.0867 e. The van der Waals surface area contributed by atoms with Crippen molar-refractivity contribution in [1.82, 2.24) is 5.32 Å². The van der Waals surface area contributed by atoms with E-state index >= 15 is 0 Å². The molecule has 0 aliphatic heterocycles. The summed E-state index contributed by atoms with van der Waals surface area (Å²) in [5, 5.41) is 3.71. The fourth-order valence-electron chi connectivity index (χ4n) is 3.14. The smallest absolute Gasteiger partial charge is 0.0867 e. The quantitative estimate of drug-likeness (QED) is 0.752. The van der Waals surface area contributed by atoms with E-state index in [1.807, 2.05) is 7.11 Å². The van der Waals surface area contributed by atoms with Crippen molar-refractivity contribution in [3.63, 3.8) is 0 Å². The van der Waals surface area contributed by atoms with Crippen LogP contribution in [0.25, 0.3) is 0 Å². The van der Waals surface area contributed by atoms with E-state index in [1.165, 1.54) is 16.7 Å². The van der Waals surface area contributed by atoms with Gasteiger partial charge in [-0.2, -0.15) is 0 Å². The molecule has 0 bridgehead atoms. The highest BCUT2D eigenvalue weighted by Gasteiger charge is 2.36. The monoisotopic (exact) mass is 277 g/mol. The van der Waals surface area contributed by atoms with Gasteiger partial charge in [-0.15, -0.1) is 0 Å². The Balaban J connectivity index is 3.22. The predicted molar refractivity (Wildman–Crippen MR) is 87.3 cm³/mol. The molecule has 0 aliphatic rings. The van der Waals surface area contributed by atoms with Gasteiger partial charge in [0.2, 0.25) is 0 Å². The molecule has 1 aromatic rings. The zero-order valence-electron chi connectivity index (χ0n) is 14.0. The number of benzene rings is 1. The lowest BCUT2D eigenvalue weighted by Gasteiger charge is -2.39. The minimum absolute atomic E-state index is 0.130. The largest absolute Gasteiger partial charge is 0.376 e. The molecule has 2 heteroatoms. The van der Waals surface area contributed by atoms with Crippen LogP contribution in [0.15, 0.2) is 18.2 Å². The summed E-state index contributed by atoms with van der Waals surface area (Å²) in [6, 6.07) is 7.06. The van der Waals surface area contributed by atoms with Gasteiger partial charge in [0.15, 0.2) is 0 Å². The van der Waals surface area contributed by atoms with Gasteiger partial charge in [-0.1, -0.05) is 50.1 Å². The Morgan fingerprint density at radius 2 is 1.60 bits per heavy atom. The lowest BCUT2D eigenvalue weighted by Crippen LogP contribution is -2.45. The van der Waals surface area contributed by atoms with E-state index in [2.05, 4.69) is 58.1 Å². The Labute approximate surface area is 124 Å². The molecular formula is C18H31NO. The minimum atomic E-state index is -0.130. The second-order valence-corrected chi connectivity index (χ2v) is 5.78. The second-order valence-electron chi connectivity index (χ2n) is 5.78. The number of hydrogen-bond acceptors (Lipinski definition) is 2. The lowest BCUT2D eigenvalue weighted by atomic mass is 9.82. The highest BCUT2D eigenvalue weighted by atomic mass is 16.5. The fourth-order valence-corrected chi connectivity index (χ4v) is 3.14. The molecule has 1 rings (SSSR count). The molecule has 2 nitrogen and oxygen atoms in total. The highest BCUT2D eigenvalue weighted by Crippen LogP contribution is 2.35. The van der Waals surface area contributed by atoms with Gasteiger partial charge < -0.3 is 10.1 Å². The second kappa shape index (κ2) is 7.80. The normalized spacial score (nSPS) is 13.5. The van der Waals surface area contributed by atoms with Crippen molar-refractivity contribution in [2.45, 2.75) is 65.5 Å². The van der Waals surface area contributed by atoms with Crippen molar-refractivity contribution in [2.75, 3.05) is 13.7 Å². The van der Waals surface area contributed by atoms with E-state index in [0.717, 1.165) is 25.8 Å². The van der Waals surface area contributed by atoms with Crippen molar-refractivity contribution in [3.8, 4) is 0 Å². The Hall–Kier alpha value is -0.860. The van der Waals surface area contributed by atoms with Gasteiger partial charge in [0.25, 0.3) is 0 Å². The molecule has 0 aromatic heterocycles. The Morgan fingerprint density at radius 1 is 1.05 bits per heavy atom. The Kier molecular flexibility index (Phi) is 6.70. The Bertz CT molecular complexity index is 381. The third-order valence-electron chi connectivity index (χ3n) is 4.31. The number of methoxy groups -OCH3 is 1. The third-order valence-corrected chi connectivity index (χ3v) is 4.31. The number of rotatable bonds is 8. The summed E-state index contributed by atoms with van der Waals surface area (Å²) < 4.78 is 5.97. The van der Waals surface area contributed by atoms with Crippen LogP contribution in [-0.2, 0) is 4.74 Å². The zero-order chi connectivity index (χ0) is 15.2. The summed E-state index contributed by atoms with van der Waals surface area (Å²) in [7, 11) is 1.84. The predicted octanol–water partition coefficient (Wildman–Crippen LogP) is 4.55. The first-order valence-corrected chi connectivity index (χ1v) is 7.89. The summed E-state index contributed by atoms with van der Waals surface area (Å²) >= 11 is 0. The molecule has 114 valence electrons. The molecular weight excluding hydrogens is 246 g/mol. The molecule has 0 spiro atoms. The summed E-state index contributed by atoms with van der Waals surface area (Å²) in [5.74, 6) is 0. The van der Waals surface area contributed by atoms with Crippen LogP contribution >= 0.6 is 0 Å². The van der Waals surface area contributed by atoms with E-state index in [1.54, 1.807) is 0 Å². The molecule has 20 heavy (non-hydrogen) atoms. The molecule has 0 fully saturated rings. The standard InChI is InChI=1S/C18H31NO/c1-7-10-19-17(18(8-2,9-3)20-6)16-12-14(4)11-15(5)13-16/h11-13,17,19H,7-10H2,1-6H3. The Morgan fingerprint density at radius 3 is 2.00 bits per heavy atom. The molecule has 0 aliphatic carbocycles. The van der Waals surface area contributed by atoms with E-state index in [-0.39, 0.29) is 11.6 Å². The summed E-state index contributed by atoms with van der Waals surface area (Å²) in [4.78, 5) is 0. The van der Waals surface area contributed by atoms with Gasteiger partial charge in [-0.25, -0.2) is 0 Å². The van der Waals surface area contributed by atoms with Crippen LogP contribution in [0.1, 0.15) is 62.8 Å². The van der Waals surface area contributed by atoms with Gasteiger partial charge in [0, 0.05) is 7.11 Å². The topological polar surface area (TPSA) is 21.3 Å². The SMILES string of the molecule is CCCNC(c1cc(C)cc(C)c1)C(CC)(CC)OC. The molecule has 1 unspecified atom stereocenters. The maximum absolute atomic E-state index is 5.97. The van der Waals surface area contributed by atoms with Crippen LogP contribution in [0.2, 0.25) is 0 Å². The number of hydrogen-bond donors (Lipinski definition) is 1. The van der Waals surface area contributed by atoms with Crippen molar-refractivity contribution in [2.24, 2.45) is 0 Å². The molecule has 0 heterocycles. The summed E-state index contributed by atoms with van der Waals surface area (Å²) in [5.41, 5.74) is 3.86. The molecule has 1 N–H and O–H groups in total. The van der Waals surface area contributed by atoms with Crippen molar-refractivity contribution < 1.29 is 4.74 Å². The van der Waals surface area contributed by atoms with Crippen molar-refractivity contribution in [1.29, 1.82) is 0 Å². The number of nitrogens with one attached hydrogen (secondary N) is 1. The van der Waals surface area contributed by atoms with Gasteiger partial charge in [-0.3, -0.25) is 0 Å². The van der Waals surface area contributed by atoms with Crippen LogP contribution in [0.5, 0.6) is 0 Å². The van der Waals surface area contributed by atoms with Gasteiger partial charge in [0.1, 0.15) is 0 Å². The van der Waals surface area contributed by atoms with Crippen LogP contribution in [-0.4, -0.2) is 19.3 Å². The van der Waals surface area contributed by atoms with Crippen LogP contribution < -0.4 is 5.32 Å². The summed E-state index contributed by atoms with van der Waals surface area (Å²) in [6.45, 7) is 12.0. The average molecular weight is 277 g/mol. The molecule has 0 radical (unpaired) electrons. The molecule has 1 atom stereocenters. The lowest BCUT2D eigenvalue weighted by molar-refractivity contribution is -0.0485. The summed E-state index contributed by atoms with van der Waals surface area (Å²) in [6.07, 6.45) is 3.15.